The number of amides is 2. The highest BCUT2D eigenvalue weighted by atomic mass is 16.7. The lowest BCUT2D eigenvalue weighted by Gasteiger charge is -2.27. The first-order valence-electron chi connectivity index (χ1n) is 9.98. The number of benzene rings is 2. The zero-order valence-corrected chi connectivity index (χ0v) is 16.7. The number of nitrogens with zero attached hydrogens (tertiary/aromatic N) is 2. The average Bonchev–Trinajstić information content (AvgIpc) is 3.25. The second-order valence-corrected chi connectivity index (χ2v) is 7.24. The minimum atomic E-state index is -0.549. The maximum absolute atomic E-state index is 12.9. The van der Waals surface area contributed by atoms with Crippen LogP contribution in [0.3, 0.4) is 0 Å². The smallest absolute Gasteiger partial charge is 0.280 e. The number of carbonyl (C=O) groups is 2. The standard InChI is InChI=1S/C22H21N3O6/c26-21(9-8-15-12-19-20(31-14-30-19)13-18(15)25(28)29)23-17-7-3-2-6-16(17)22(27)24-10-4-1-5-11-24/h2-3,6-9,12-13H,1,4-5,10-11,14H2,(H,23,26)/b9-8+. The molecule has 4 rings (SSSR count). The fourth-order valence-electron chi connectivity index (χ4n) is 3.62. The van der Waals surface area contributed by atoms with Crippen LogP contribution in [0, 0.1) is 10.1 Å². The molecular weight excluding hydrogens is 402 g/mol. The number of anilines is 1. The Morgan fingerprint density at radius 1 is 1.06 bits per heavy atom. The highest BCUT2D eigenvalue weighted by molar-refractivity contribution is 6.07. The van der Waals surface area contributed by atoms with Gasteiger partial charge in [0.15, 0.2) is 11.5 Å². The number of rotatable bonds is 5. The molecule has 0 spiro atoms. The molecule has 160 valence electrons. The Bertz CT molecular complexity index is 1060. The molecule has 0 unspecified atom stereocenters. The van der Waals surface area contributed by atoms with Gasteiger partial charge in [0, 0.05) is 19.2 Å². The Morgan fingerprint density at radius 2 is 1.77 bits per heavy atom. The normalized spacial score (nSPS) is 15.2. The molecule has 0 aliphatic carbocycles. The van der Waals surface area contributed by atoms with Crippen LogP contribution < -0.4 is 14.8 Å². The monoisotopic (exact) mass is 423 g/mol. The van der Waals surface area contributed by atoms with Crippen LogP contribution in [0.5, 0.6) is 11.5 Å². The average molecular weight is 423 g/mol. The molecule has 0 saturated carbocycles. The van der Waals surface area contributed by atoms with E-state index in [1.54, 1.807) is 29.2 Å². The maximum atomic E-state index is 12.9. The van der Waals surface area contributed by atoms with Crippen LogP contribution in [-0.2, 0) is 4.79 Å². The Morgan fingerprint density at radius 3 is 2.52 bits per heavy atom. The summed E-state index contributed by atoms with van der Waals surface area (Å²) in [5.74, 6) is 0.0402. The van der Waals surface area contributed by atoms with Crippen LogP contribution in [0.25, 0.3) is 6.08 Å². The van der Waals surface area contributed by atoms with E-state index in [0.29, 0.717) is 35.8 Å². The molecule has 9 nitrogen and oxygen atoms in total. The van der Waals surface area contributed by atoms with Crippen LogP contribution in [0.4, 0.5) is 11.4 Å². The van der Waals surface area contributed by atoms with Gasteiger partial charge in [0.05, 0.1) is 27.8 Å². The van der Waals surface area contributed by atoms with Gasteiger partial charge in [-0.3, -0.25) is 19.7 Å². The fourth-order valence-corrected chi connectivity index (χ4v) is 3.62. The third kappa shape index (κ3) is 4.50. The lowest BCUT2D eigenvalue weighted by molar-refractivity contribution is -0.385. The molecule has 2 heterocycles. The Kier molecular flexibility index (Phi) is 5.83. The summed E-state index contributed by atoms with van der Waals surface area (Å²) in [6, 6.07) is 9.54. The van der Waals surface area contributed by atoms with E-state index in [9.17, 15) is 19.7 Å². The number of carbonyl (C=O) groups excluding carboxylic acids is 2. The van der Waals surface area contributed by atoms with Crippen molar-refractivity contribution in [1.82, 2.24) is 4.90 Å². The van der Waals surface area contributed by atoms with E-state index in [2.05, 4.69) is 5.32 Å². The Balaban J connectivity index is 1.52. The quantitative estimate of drug-likeness (QED) is 0.447. The molecule has 31 heavy (non-hydrogen) atoms. The fraction of sp³-hybridized carbons (Fsp3) is 0.273. The summed E-state index contributed by atoms with van der Waals surface area (Å²) in [7, 11) is 0. The van der Waals surface area contributed by atoms with Crippen molar-refractivity contribution in [1.29, 1.82) is 0 Å². The molecule has 0 radical (unpaired) electrons. The molecule has 2 aliphatic heterocycles. The van der Waals surface area contributed by atoms with Crippen molar-refractivity contribution in [2.45, 2.75) is 19.3 Å². The van der Waals surface area contributed by atoms with Gasteiger partial charge >= 0.3 is 0 Å². The van der Waals surface area contributed by atoms with Gasteiger partial charge in [0.25, 0.3) is 11.6 Å². The van der Waals surface area contributed by atoms with Gasteiger partial charge in [0.2, 0.25) is 12.7 Å². The third-order valence-electron chi connectivity index (χ3n) is 5.19. The summed E-state index contributed by atoms with van der Waals surface area (Å²) in [4.78, 5) is 38.0. The first-order chi connectivity index (χ1) is 15.0. The number of fused-ring (bicyclic) bond motifs is 1. The lowest BCUT2D eigenvalue weighted by Crippen LogP contribution is -2.36. The maximum Gasteiger partial charge on any atom is 0.280 e. The number of nitro groups is 1. The number of hydrogen-bond acceptors (Lipinski definition) is 6. The largest absolute Gasteiger partial charge is 0.454 e. The predicted octanol–water partition coefficient (Wildman–Crippen LogP) is 3.60. The summed E-state index contributed by atoms with van der Waals surface area (Å²) in [6.45, 7) is 1.39. The number of piperidine rings is 1. The van der Waals surface area contributed by atoms with Crippen molar-refractivity contribution < 1.29 is 24.0 Å². The highest BCUT2D eigenvalue weighted by Gasteiger charge is 2.23. The van der Waals surface area contributed by atoms with Crippen molar-refractivity contribution in [2.75, 3.05) is 25.2 Å². The van der Waals surface area contributed by atoms with Crippen LogP contribution in [0.15, 0.2) is 42.5 Å². The molecule has 0 atom stereocenters. The summed E-state index contributed by atoms with van der Waals surface area (Å²) >= 11 is 0. The van der Waals surface area contributed by atoms with Gasteiger partial charge in [-0.2, -0.15) is 0 Å². The number of nitrogens with one attached hydrogen (secondary N) is 1. The van der Waals surface area contributed by atoms with E-state index in [0.717, 1.165) is 19.3 Å². The number of hydrogen-bond donors (Lipinski definition) is 1. The molecule has 1 fully saturated rings. The van der Waals surface area contributed by atoms with Crippen molar-refractivity contribution in [2.24, 2.45) is 0 Å². The van der Waals surface area contributed by atoms with E-state index >= 15 is 0 Å². The molecule has 2 amide bonds. The Labute approximate surface area is 178 Å². The van der Waals surface area contributed by atoms with Gasteiger partial charge in [-0.25, -0.2) is 0 Å². The molecule has 0 bridgehead atoms. The second kappa shape index (κ2) is 8.86. The van der Waals surface area contributed by atoms with Gasteiger partial charge in [-0.15, -0.1) is 0 Å². The van der Waals surface area contributed by atoms with Crippen LogP contribution in [0.1, 0.15) is 35.2 Å². The topological polar surface area (TPSA) is 111 Å². The molecule has 1 N–H and O–H groups in total. The minimum Gasteiger partial charge on any atom is -0.454 e. The van der Waals surface area contributed by atoms with E-state index in [-0.39, 0.29) is 24.0 Å². The summed E-state index contributed by atoms with van der Waals surface area (Å²) < 4.78 is 10.4. The van der Waals surface area contributed by atoms with Crippen molar-refractivity contribution in [3.8, 4) is 11.5 Å². The van der Waals surface area contributed by atoms with Crippen molar-refractivity contribution >= 4 is 29.3 Å². The van der Waals surface area contributed by atoms with Crippen LogP contribution in [-0.4, -0.2) is 41.5 Å². The number of para-hydroxylation sites is 1. The molecule has 9 heteroatoms. The molecule has 0 aromatic heterocycles. The van der Waals surface area contributed by atoms with Gasteiger partial charge < -0.3 is 19.7 Å². The second-order valence-electron chi connectivity index (χ2n) is 7.24. The van der Waals surface area contributed by atoms with E-state index in [1.807, 2.05) is 0 Å². The molecular formula is C22H21N3O6. The molecule has 2 aromatic carbocycles. The van der Waals surface area contributed by atoms with Gasteiger partial charge in [-0.1, -0.05) is 12.1 Å². The SMILES string of the molecule is O=C(/C=C/c1cc2c(cc1[N+](=O)[O-])OCO2)Nc1ccccc1C(=O)N1CCCCC1. The zero-order chi connectivity index (χ0) is 21.8. The lowest BCUT2D eigenvalue weighted by atomic mass is 10.1. The Hall–Kier alpha value is -3.88. The van der Waals surface area contributed by atoms with Gasteiger partial charge in [-0.05, 0) is 43.5 Å². The van der Waals surface area contributed by atoms with E-state index in [1.165, 1.54) is 24.3 Å². The number of ether oxygens (including phenoxy) is 2. The minimum absolute atomic E-state index is 0.0119. The predicted molar refractivity (Wildman–Crippen MR) is 113 cm³/mol. The highest BCUT2D eigenvalue weighted by Crippen LogP contribution is 2.38. The zero-order valence-electron chi connectivity index (χ0n) is 16.7. The summed E-state index contributed by atoms with van der Waals surface area (Å²) in [5.41, 5.74) is 0.823. The van der Waals surface area contributed by atoms with Crippen molar-refractivity contribution in [3.63, 3.8) is 0 Å². The van der Waals surface area contributed by atoms with Crippen LogP contribution >= 0.6 is 0 Å². The van der Waals surface area contributed by atoms with E-state index in [4.69, 9.17) is 9.47 Å². The number of nitro benzene ring substituents is 1. The first kappa shape index (κ1) is 20.4. The molecule has 1 saturated heterocycles. The van der Waals surface area contributed by atoms with E-state index < -0.39 is 10.8 Å². The van der Waals surface area contributed by atoms with Crippen LogP contribution in [0.2, 0.25) is 0 Å². The molecule has 2 aromatic rings. The summed E-state index contributed by atoms with van der Waals surface area (Å²) in [6.07, 6.45) is 5.57. The van der Waals surface area contributed by atoms with Gasteiger partial charge in [0.1, 0.15) is 0 Å². The molecule has 2 aliphatic rings. The third-order valence-corrected chi connectivity index (χ3v) is 5.19. The summed E-state index contributed by atoms with van der Waals surface area (Å²) in [5, 5.41) is 14.1. The van der Waals surface area contributed by atoms with Crippen molar-refractivity contribution in [3.05, 3.63) is 63.7 Å². The first-order valence-corrected chi connectivity index (χ1v) is 9.98. The number of likely N-dealkylation sites (tertiary alicyclic amines) is 1.